The Morgan fingerprint density at radius 1 is 1.00 bits per heavy atom. The Kier molecular flexibility index (Phi) is 5.85. The number of hydrogen-bond donors (Lipinski definition) is 2. The molecule has 2 bridgehead atoms. The van der Waals surface area contributed by atoms with Gasteiger partial charge < -0.3 is 15.2 Å². The topological polar surface area (TPSA) is 41.5 Å². The Morgan fingerprint density at radius 2 is 1.63 bits per heavy atom. The molecule has 0 saturated carbocycles. The molecule has 3 nitrogen and oxygen atoms in total. The molecular formula is C23H30ClNO2. The molecule has 27 heavy (non-hydrogen) atoms. The average Bonchev–Trinajstić information content (AvgIpc) is 2.64. The molecule has 3 unspecified atom stereocenters. The van der Waals surface area contributed by atoms with E-state index in [1.165, 1.54) is 35.1 Å². The highest BCUT2D eigenvalue weighted by molar-refractivity contribution is 5.85. The van der Waals surface area contributed by atoms with Gasteiger partial charge in [0.1, 0.15) is 18.5 Å². The van der Waals surface area contributed by atoms with E-state index in [-0.39, 0.29) is 17.9 Å². The molecule has 0 heterocycles. The van der Waals surface area contributed by atoms with Gasteiger partial charge in [-0.05, 0) is 56.4 Å². The lowest BCUT2D eigenvalue weighted by molar-refractivity contribution is 0.0992. The van der Waals surface area contributed by atoms with Crippen LogP contribution in [0.15, 0.2) is 42.5 Å². The van der Waals surface area contributed by atoms with E-state index in [4.69, 9.17) is 4.74 Å². The molecular weight excluding hydrogens is 358 g/mol. The van der Waals surface area contributed by atoms with E-state index in [1.807, 2.05) is 0 Å². The van der Waals surface area contributed by atoms with Gasteiger partial charge in [-0.1, -0.05) is 36.4 Å². The van der Waals surface area contributed by atoms with Crippen LogP contribution < -0.4 is 10.1 Å². The van der Waals surface area contributed by atoms with Gasteiger partial charge in [-0.15, -0.1) is 12.4 Å². The number of aliphatic hydroxyl groups excluding tert-OH is 1. The average molecular weight is 388 g/mol. The van der Waals surface area contributed by atoms with E-state index >= 15 is 0 Å². The third-order valence-electron chi connectivity index (χ3n) is 5.61. The minimum absolute atomic E-state index is 0. The van der Waals surface area contributed by atoms with Crippen LogP contribution in [0.25, 0.3) is 0 Å². The molecule has 0 aliphatic heterocycles. The fraction of sp³-hybridized carbons (Fsp3) is 0.478. The van der Waals surface area contributed by atoms with E-state index in [0.29, 0.717) is 25.0 Å². The van der Waals surface area contributed by atoms with Crippen molar-refractivity contribution < 1.29 is 9.84 Å². The summed E-state index contributed by atoms with van der Waals surface area (Å²) < 4.78 is 6.11. The Hall–Kier alpha value is -1.55. The summed E-state index contributed by atoms with van der Waals surface area (Å²) in [5.41, 5.74) is 5.71. The molecule has 4 heteroatoms. The van der Waals surface area contributed by atoms with E-state index < -0.39 is 6.10 Å². The van der Waals surface area contributed by atoms with Crippen LogP contribution in [0.2, 0.25) is 0 Å². The zero-order valence-corrected chi connectivity index (χ0v) is 17.2. The Labute approximate surface area is 168 Å². The number of ether oxygens (including phenoxy) is 1. The maximum absolute atomic E-state index is 10.3. The van der Waals surface area contributed by atoms with Crippen molar-refractivity contribution in [2.45, 2.75) is 57.1 Å². The number of rotatable bonds is 5. The smallest absolute Gasteiger partial charge is 0.123 e. The van der Waals surface area contributed by atoms with Crippen molar-refractivity contribution in [3.8, 4) is 5.75 Å². The van der Waals surface area contributed by atoms with Crippen molar-refractivity contribution in [3.63, 3.8) is 0 Å². The maximum Gasteiger partial charge on any atom is 0.123 e. The molecule has 0 spiro atoms. The second-order valence-corrected chi connectivity index (χ2v) is 8.67. The SMILES string of the molecule is CC(C)(C)NCC(O)COc1cccc2c1C1CCC2c2ccccc21.Cl. The number of aliphatic hydroxyl groups is 1. The number of β-amino-alcohol motifs (C(OH)–C–C–N with tert-alkyl or cyclic N) is 1. The molecule has 0 saturated heterocycles. The first-order chi connectivity index (χ1) is 12.4. The largest absolute Gasteiger partial charge is 0.491 e. The van der Waals surface area contributed by atoms with Crippen molar-refractivity contribution in [2.75, 3.05) is 13.2 Å². The molecule has 2 aromatic carbocycles. The van der Waals surface area contributed by atoms with Crippen LogP contribution in [0, 0.1) is 0 Å². The van der Waals surface area contributed by atoms with E-state index in [9.17, 15) is 5.11 Å². The van der Waals surface area contributed by atoms with Gasteiger partial charge in [-0.2, -0.15) is 0 Å². The van der Waals surface area contributed by atoms with Gasteiger partial charge in [0.25, 0.3) is 0 Å². The highest BCUT2D eigenvalue weighted by Gasteiger charge is 2.38. The number of hydrogen-bond acceptors (Lipinski definition) is 3. The van der Waals surface area contributed by atoms with Gasteiger partial charge in [0.2, 0.25) is 0 Å². The number of fused-ring (bicyclic) bond motifs is 1. The van der Waals surface area contributed by atoms with Crippen molar-refractivity contribution in [3.05, 3.63) is 64.7 Å². The third-order valence-corrected chi connectivity index (χ3v) is 5.61. The first kappa shape index (κ1) is 20.2. The number of halogens is 1. The predicted octanol–water partition coefficient (Wildman–Crippen LogP) is 4.61. The monoisotopic (exact) mass is 387 g/mol. The van der Waals surface area contributed by atoms with E-state index in [1.54, 1.807) is 0 Å². The van der Waals surface area contributed by atoms with Gasteiger partial charge in [0.15, 0.2) is 0 Å². The highest BCUT2D eigenvalue weighted by Crippen LogP contribution is 2.55. The van der Waals surface area contributed by atoms with Crippen molar-refractivity contribution in [1.29, 1.82) is 0 Å². The van der Waals surface area contributed by atoms with Gasteiger partial charge in [-0.25, -0.2) is 0 Å². The van der Waals surface area contributed by atoms with Crippen LogP contribution in [-0.2, 0) is 0 Å². The minimum atomic E-state index is -0.516. The second-order valence-electron chi connectivity index (χ2n) is 8.67. The fourth-order valence-corrected chi connectivity index (χ4v) is 4.45. The van der Waals surface area contributed by atoms with E-state index in [0.717, 1.165) is 5.75 Å². The Bertz CT molecular complexity index is 799. The fourth-order valence-electron chi connectivity index (χ4n) is 4.45. The van der Waals surface area contributed by atoms with E-state index in [2.05, 4.69) is 68.6 Å². The number of nitrogens with one attached hydrogen (secondary N) is 1. The summed E-state index contributed by atoms with van der Waals surface area (Å²) in [4.78, 5) is 0. The molecule has 3 atom stereocenters. The minimum Gasteiger partial charge on any atom is -0.491 e. The summed E-state index contributed by atoms with van der Waals surface area (Å²) in [6, 6.07) is 15.3. The van der Waals surface area contributed by atoms with Gasteiger partial charge in [0, 0.05) is 29.5 Å². The summed E-state index contributed by atoms with van der Waals surface area (Å²) >= 11 is 0. The van der Waals surface area contributed by atoms with Crippen LogP contribution >= 0.6 is 12.4 Å². The van der Waals surface area contributed by atoms with Crippen molar-refractivity contribution >= 4 is 12.4 Å². The Balaban J connectivity index is 0.00000210. The predicted molar refractivity (Wildman–Crippen MR) is 112 cm³/mol. The quantitative estimate of drug-likeness (QED) is 0.787. The molecule has 5 rings (SSSR count). The first-order valence-corrected chi connectivity index (χ1v) is 9.71. The van der Waals surface area contributed by atoms with Crippen LogP contribution in [0.5, 0.6) is 5.75 Å². The highest BCUT2D eigenvalue weighted by atomic mass is 35.5. The maximum atomic E-state index is 10.3. The van der Waals surface area contributed by atoms with Crippen molar-refractivity contribution in [1.82, 2.24) is 5.32 Å². The zero-order valence-electron chi connectivity index (χ0n) is 16.4. The van der Waals surface area contributed by atoms with Crippen LogP contribution in [0.4, 0.5) is 0 Å². The summed E-state index contributed by atoms with van der Waals surface area (Å²) in [6.45, 7) is 7.15. The molecule has 0 amide bonds. The summed E-state index contributed by atoms with van der Waals surface area (Å²) in [5.74, 6) is 1.86. The molecule has 3 aliphatic rings. The molecule has 0 radical (unpaired) electrons. The van der Waals surface area contributed by atoms with Crippen LogP contribution in [0.1, 0.15) is 67.7 Å². The van der Waals surface area contributed by atoms with Gasteiger partial charge in [0.05, 0.1) is 0 Å². The van der Waals surface area contributed by atoms with Crippen LogP contribution in [0.3, 0.4) is 0 Å². The van der Waals surface area contributed by atoms with Crippen LogP contribution in [-0.4, -0.2) is 29.9 Å². The summed E-state index contributed by atoms with van der Waals surface area (Å²) in [7, 11) is 0. The lowest BCUT2D eigenvalue weighted by Crippen LogP contribution is -2.42. The van der Waals surface area contributed by atoms with Gasteiger partial charge >= 0.3 is 0 Å². The summed E-state index contributed by atoms with van der Waals surface area (Å²) in [5, 5.41) is 13.6. The summed E-state index contributed by atoms with van der Waals surface area (Å²) in [6.07, 6.45) is 1.89. The molecule has 0 fully saturated rings. The van der Waals surface area contributed by atoms with Crippen molar-refractivity contribution in [2.24, 2.45) is 0 Å². The Morgan fingerprint density at radius 3 is 2.33 bits per heavy atom. The molecule has 0 aromatic heterocycles. The number of benzene rings is 2. The molecule has 146 valence electrons. The lowest BCUT2D eigenvalue weighted by atomic mass is 9.63. The second kappa shape index (κ2) is 7.83. The molecule has 2 aromatic rings. The van der Waals surface area contributed by atoms with Gasteiger partial charge in [-0.3, -0.25) is 0 Å². The zero-order chi connectivity index (χ0) is 18.3. The molecule has 2 N–H and O–H groups in total. The molecule has 3 aliphatic carbocycles. The first-order valence-electron chi connectivity index (χ1n) is 9.71. The third kappa shape index (κ3) is 4.01. The normalized spacial score (nSPS) is 21.0. The standard InChI is InChI=1S/C23H29NO2.ClH/c1-23(2,3)24-13-15(25)14-26-21-10-6-9-19-18-11-12-20(22(19)21)17-8-5-4-7-16(17)18;/h4-10,15,18,20,24-25H,11-14H2,1-3H3;1H. The lowest BCUT2D eigenvalue weighted by Gasteiger charge is -2.41.